The molecule has 1 atom stereocenters. The molecule has 2 aliphatic heterocycles. The largest absolute Gasteiger partial charge is 0.377 e. The molecule has 0 aromatic rings. The van der Waals surface area contributed by atoms with E-state index in [0.29, 0.717) is 6.10 Å². The van der Waals surface area contributed by atoms with Crippen LogP contribution in [-0.2, 0) is 9.47 Å². The summed E-state index contributed by atoms with van der Waals surface area (Å²) in [5.74, 6) is 0. The quantitative estimate of drug-likeness (QED) is 0.748. The van der Waals surface area contributed by atoms with Crippen molar-refractivity contribution in [3.8, 4) is 6.07 Å². The van der Waals surface area contributed by atoms with Gasteiger partial charge in [-0.05, 0) is 19.3 Å². The molecule has 0 amide bonds. The lowest BCUT2D eigenvalue weighted by atomic mass is 9.92. The molecule has 0 bridgehead atoms. The van der Waals surface area contributed by atoms with Crippen molar-refractivity contribution in [1.82, 2.24) is 4.90 Å². The average Bonchev–Trinajstić information content (AvgIpc) is 2.41. The van der Waals surface area contributed by atoms with Crippen LogP contribution >= 0.6 is 0 Å². The summed E-state index contributed by atoms with van der Waals surface area (Å²) in [6.45, 7) is 3.83. The number of rotatable bonds is 3. The number of ether oxygens (including phenoxy) is 2. The van der Waals surface area contributed by atoms with Crippen molar-refractivity contribution in [2.24, 2.45) is 0 Å². The molecule has 96 valence electrons. The van der Waals surface area contributed by atoms with E-state index in [1.54, 1.807) is 7.11 Å². The first-order valence-corrected chi connectivity index (χ1v) is 6.58. The van der Waals surface area contributed by atoms with Crippen LogP contribution in [0.4, 0.5) is 0 Å². The summed E-state index contributed by atoms with van der Waals surface area (Å²) in [6.07, 6.45) is 5.71. The Morgan fingerprint density at radius 2 is 2.18 bits per heavy atom. The molecule has 0 spiro atoms. The lowest BCUT2D eigenvalue weighted by Crippen LogP contribution is -2.47. The van der Waals surface area contributed by atoms with E-state index >= 15 is 0 Å². The van der Waals surface area contributed by atoms with E-state index in [9.17, 15) is 0 Å². The third kappa shape index (κ3) is 3.19. The van der Waals surface area contributed by atoms with Gasteiger partial charge in [-0.15, -0.1) is 0 Å². The van der Waals surface area contributed by atoms with Crippen LogP contribution in [-0.4, -0.2) is 50.0 Å². The Morgan fingerprint density at radius 1 is 1.41 bits per heavy atom. The molecule has 2 saturated heterocycles. The Kier molecular flexibility index (Phi) is 4.38. The maximum atomic E-state index is 9.13. The van der Waals surface area contributed by atoms with Crippen molar-refractivity contribution >= 4 is 0 Å². The predicted molar refractivity (Wildman–Crippen MR) is 64.6 cm³/mol. The molecule has 0 N–H and O–H groups in total. The summed E-state index contributed by atoms with van der Waals surface area (Å²) < 4.78 is 11.1. The highest BCUT2D eigenvalue weighted by Crippen LogP contribution is 2.25. The molecule has 2 rings (SSSR count). The fourth-order valence-corrected chi connectivity index (χ4v) is 2.70. The van der Waals surface area contributed by atoms with Crippen molar-refractivity contribution in [1.29, 1.82) is 5.26 Å². The maximum Gasteiger partial charge on any atom is 0.156 e. The van der Waals surface area contributed by atoms with Gasteiger partial charge in [0.2, 0.25) is 0 Å². The fraction of sp³-hybridized carbons (Fsp3) is 0.923. The Hall–Kier alpha value is -0.630. The predicted octanol–water partition coefficient (Wildman–Crippen LogP) is 1.56. The molecule has 0 aromatic heterocycles. The lowest BCUT2D eigenvalue weighted by molar-refractivity contribution is -0.0422. The van der Waals surface area contributed by atoms with Crippen LogP contribution < -0.4 is 0 Å². The second-order valence-electron chi connectivity index (χ2n) is 5.10. The number of hydrogen-bond donors (Lipinski definition) is 0. The molecule has 2 aliphatic rings. The van der Waals surface area contributed by atoms with Crippen LogP contribution in [0.3, 0.4) is 0 Å². The molecule has 0 saturated carbocycles. The van der Waals surface area contributed by atoms with E-state index in [1.165, 1.54) is 19.3 Å². The standard InChI is InChI=1S/C13H22N2O2/c1-16-13(11-14)5-7-15(8-6-13)10-12-4-2-3-9-17-12/h12H,2-10H2,1H3. The van der Waals surface area contributed by atoms with Crippen molar-refractivity contribution in [2.75, 3.05) is 33.4 Å². The van der Waals surface area contributed by atoms with E-state index in [2.05, 4.69) is 11.0 Å². The molecule has 17 heavy (non-hydrogen) atoms. The van der Waals surface area contributed by atoms with E-state index in [4.69, 9.17) is 14.7 Å². The topological polar surface area (TPSA) is 45.5 Å². The second kappa shape index (κ2) is 5.81. The minimum absolute atomic E-state index is 0.404. The zero-order chi connectivity index (χ0) is 12.1. The van der Waals surface area contributed by atoms with Gasteiger partial charge in [0.25, 0.3) is 0 Å². The van der Waals surface area contributed by atoms with E-state index < -0.39 is 5.60 Å². The van der Waals surface area contributed by atoms with Crippen LogP contribution in [0, 0.1) is 11.3 Å². The van der Waals surface area contributed by atoms with Crippen molar-refractivity contribution in [3.63, 3.8) is 0 Å². The van der Waals surface area contributed by atoms with Gasteiger partial charge in [-0.25, -0.2) is 0 Å². The Labute approximate surface area is 103 Å². The van der Waals surface area contributed by atoms with Crippen LogP contribution in [0.15, 0.2) is 0 Å². The molecule has 0 radical (unpaired) electrons. The molecule has 0 aromatic carbocycles. The number of likely N-dealkylation sites (tertiary alicyclic amines) is 1. The first-order chi connectivity index (χ1) is 8.28. The normalized spacial score (nSPS) is 29.8. The third-order valence-corrected chi connectivity index (χ3v) is 3.99. The smallest absolute Gasteiger partial charge is 0.156 e. The highest BCUT2D eigenvalue weighted by Gasteiger charge is 2.35. The summed E-state index contributed by atoms with van der Waals surface area (Å²) in [7, 11) is 1.64. The summed E-state index contributed by atoms with van der Waals surface area (Å²) in [5.41, 5.74) is -0.538. The molecule has 2 fully saturated rings. The molecular weight excluding hydrogens is 216 g/mol. The second-order valence-corrected chi connectivity index (χ2v) is 5.10. The first kappa shape index (κ1) is 12.8. The maximum absolute atomic E-state index is 9.13. The highest BCUT2D eigenvalue weighted by molar-refractivity contribution is 5.04. The highest BCUT2D eigenvalue weighted by atomic mass is 16.5. The van der Waals surface area contributed by atoms with Crippen molar-refractivity contribution in [3.05, 3.63) is 0 Å². The molecular formula is C13H22N2O2. The number of nitrogens with zero attached hydrogens (tertiary/aromatic N) is 2. The van der Waals surface area contributed by atoms with Crippen LogP contribution in [0.1, 0.15) is 32.1 Å². The van der Waals surface area contributed by atoms with Crippen LogP contribution in [0.5, 0.6) is 0 Å². The first-order valence-electron chi connectivity index (χ1n) is 6.58. The minimum atomic E-state index is -0.538. The van der Waals surface area contributed by atoms with Crippen molar-refractivity contribution < 1.29 is 9.47 Å². The number of methoxy groups -OCH3 is 1. The molecule has 2 heterocycles. The van der Waals surface area contributed by atoms with Gasteiger partial charge >= 0.3 is 0 Å². The SMILES string of the molecule is COC1(C#N)CCN(CC2CCCCO2)CC1. The zero-order valence-corrected chi connectivity index (χ0v) is 10.7. The van der Waals surface area contributed by atoms with Crippen molar-refractivity contribution in [2.45, 2.75) is 43.8 Å². The summed E-state index contributed by atoms with van der Waals surface area (Å²) in [5, 5.41) is 9.13. The number of piperidine rings is 1. The third-order valence-electron chi connectivity index (χ3n) is 3.99. The Balaban J connectivity index is 1.77. The van der Waals surface area contributed by atoms with Gasteiger partial charge in [-0.3, -0.25) is 0 Å². The average molecular weight is 238 g/mol. The van der Waals surface area contributed by atoms with Gasteiger partial charge in [0, 0.05) is 46.2 Å². The van der Waals surface area contributed by atoms with Crippen LogP contribution in [0.25, 0.3) is 0 Å². The molecule has 4 heteroatoms. The lowest BCUT2D eigenvalue weighted by Gasteiger charge is -2.38. The monoisotopic (exact) mass is 238 g/mol. The van der Waals surface area contributed by atoms with Gasteiger partial charge in [0.1, 0.15) is 0 Å². The van der Waals surface area contributed by atoms with Gasteiger partial charge in [0.15, 0.2) is 5.60 Å². The van der Waals surface area contributed by atoms with Gasteiger partial charge in [0.05, 0.1) is 12.2 Å². The van der Waals surface area contributed by atoms with Gasteiger partial charge < -0.3 is 14.4 Å². The van der Waals surface area contributed by atoms with E-state index in [-0.39, 0.29) is 0 Å². The molecule has 4 nitrogen and oxygen atoms in total. The summed E-state index contributed by atoms with van der Waals surface area (Å²) in [6, 6.07) is 2.31. The van der Waals surface area contributed by atoms with Crippen LogP contribution in [0.2, 0.25) is 0 Å². The van der Waals surface area contributed by atoms with E-state index in [0.717, 1.165) is 39.1 Å². The van der Waals surface area contributed by atoms with Gasteiger partial charge in [-0.1, -0.05) is 0 Å². The summed E-state index contributed by atoms with van der Waals surface area (Å²) in [4.78, 5) is 2.41. The Morgan fingerprint density at radius 3 is 2.71 bits per heavy atom. The molecule has 1 unspecified atom stereocenters. The number of hydrogen-bond acceptors (Lipinski definition) is 4. The van der Waals surface area contributed by atoms with Gasteiger partial charge in [-0.2, -0.15) is 5.26 Å². The Bertz CT molecular complexity index is 274. The zero-order valence-electron chi connectivity index (χ0n) is 10.7. The summed E-state index contributed by atoms with van der Waals surface area (Å²) >= 11 is 0. The van der Waals surface area contributed by atoms with E-state index in [1.807, 2.05) is 0 Å². The fourth-order valence-electron chi connectivity index (χ4n) is 2.70. The minimum Gasteiger partial charge on any atom is -0.377 e. The molecule has 0 aliphatic carbocycles. The number of nitriles is 1.